The molecule has 17 rings (SSSR count). The van der Waals surface area contributed by atoms with Gasteiger partial charge in [-0.25, -0.2) is 0 Å². The average molecular weight is 529 g/mol. The van der Waals surface area contributed by atoms with Crippen LogP contribution in [0, 0.1) is 111 Å². The van der Waals surface area contributed by atoms with Crippen LogP contribution in [-0.4, -0.2) is 0 Å². The smallest absolute Gasteiger partial charge is 0.0161 e. The first-order chi connectivity index (χ1) is 19.1. The van der Waals surface area contributed by atoms with E-state index >= 15 is 0 Å². The Morgan fingerprint density at radius 2 is 0.750 bits per heavy atom. The fraction of sp³-hybridized carbons (Fsp3) is 1.00. The molecular weight excluding hydrogens is 480 g/mol. The van der Waals surface area contributed by atoms with Gasteiger partial charge in [-0.3, -0.25) is 0 Å². The third-order valence-corrected chi connectivity index (χ3v) is 24.0. The second-order valence-electron chi connectivity index (χ2n) is 23.5. The summed E-state index contributed by atoms with van der Waals surface area (Å²) in [4.78, 5) is 0. The quantitative estimate of drug-likeness (QED) is 0.343. The number of rotatable bonds is 3. The van der Waals surface area contributed by atoms with E-state index < -0.39 is 0 Å². The van der Waals surface area contributed by atoms with E-state index in [1.165, 1.54) is 23.7 Å². The maximum Gasteiger partial charge on any atom is -0.0161 e. The lowest BCUT2D eigenvalue weighted by Crippen LogP contribution is -1.99. The molecule has 208 valence electrons. The summed E-state index contributed by atoms with van der Waals surface area (Å²) in [7, 11) is 0. The molecule has 40 heavy (non-hydrogen) atoms. The van der Waals surface area contributed by atoms with Crippen LogP contribution in [0.15, 0.2) is 0 Å². The van der Waals surface area contributed by atoms with Crippen molar-refractivity contribution in [2.24, 2.45) is 111 Å². The van der Waals surface area contributed by atoms with Crippen molar-refractivity contribution < 1.29 is 0 Å². The largest absolute Gasteiger partial charge is 0.0625 e. The third kappa shape index (κ3) is 1.24. The van der Waals surface area contributed by atoms with Crippen molar-refractivity contribution in [3.8, 4) is 0 Å². The Morgan fingerprint density at radius 1 is 0.375 bits per heavy atom. The Hall–Kier alpha value is 0. The molecule has 17 aliphatic rings. The van der Waals surface area contributed by atoms with Crippen LogP contribution in [0.4, 0.5) is 0 Å². The molecule has 0 heteroatoms. The molecule has 0 aromatic heterocycles. The van der Waals surface area contributed by atoms with Crippen LogP contribution in [-0.2, 0) is 0 Å². The van der Waals surface area contributed by atoms with E-state index in [0.29, 0.717) is 0 Å². The molecule has 0 bridgehead atoms. The van der Waals surface area contributed by atoms with Gasteiger partial charge >= 0.3 is 0 Å². The molecule has 14 spiro atoms. The van der Waals surface area contributed by atoms with Crippen molar-refractivity contribution in [1.29, 1.82) is 0 Å². The van der Waals surface area contributed by atoms with E-state index in [2.05, 4.69) is 13.8 Å². The SMILES string of the molecule is CC(C)C1CC12CC21CC12CC21CC12CC21CC12CC21CC1C1CC12CC21CC12CC21CC1C1CC12CC21CC1. The van der Waals surface area contributed by atoms with Crippen molar-refractivity contribution >= 4 is 0 Å². The summed E-state index contributed by atoms with van der Waals surface area (Å²) in [6.07, 6.45) is 30.9. The maximum atomic E-state index is 2.53. The molecule has 0 aromatic rings. The molecule has 0 aliphatic heterocycles. The van der Waals surface area contributed by atoms with E-state index in [4.69, 9.17) is 0 Å². The number of hydrogen-bond acceptors (Lipinski definition) is 0. The fourth-order valence-electron chi connectivity index (χ4n) is 21.6. The first-order valence-corrected chi connectivity index (χ1v) is 19.1. The zero-order valence-electron chi connectivity index (χ0n) is 25.2. The van der Waals surface area contributed by atoms with E-state index in [-0.39, 0.29) is 0 Å². The van der Waals surface area contributed by atoms with Crippen LogP contribution in [0.25, 0.3) is 0 Å². The molecule has 0 heterocycles. The molecule has 18 atom stereocenters. The minimum Gasteiger partial charge on any atom is -0.0625 e. The van der Waals surface area contributed by atoms with Gasteiger partial charge in [0.15, 0.2) is 0 Å². The predicted molar refractivity (Wildman–Crippen MR) is 149 cm³/mol. The van der Waals surface area contributed by atoms with E-state index in [1.54, 1.807) is 116 Å². The fourth-order valence-corrected chi connectivity index (χ4v) is 21.6. The van der Waals surface area contributed by atoms with Crippen LogP contribution in [0.5, 0.6) is 0 Å². The van der Waals surface area contributed by atoms with Crippen LogP contribution in [0.1, 0.15) is 129 Å². The molecule has 0 aromatic carbocycles. The van der Waals surface area contributed by atoms with Crippen LogP contribution in [0.3, 0.4) is 0 Å². The van der Waals surface area contributed by atoms with Gasteiger partial charge in [-0.2, -0.15) is 0 Å². The Morgan fingerprint density at radius 3 is 1.23 bits per heavy atom. The van der Waals surface area contributed by atoms with Crippen molar-refractivity contribution in [2.45, 2.75) is 129 Å². The molecule has 0 amide bonds. The Kier molecular flexibility index (Phi) is 1.90. The van der Waals surface area contributed by atoms with Gasteiger partial charge in [0.25, 0.3) is 0 Å². The van der Waals surface area contributed by atoms with E-state index in [0.717, 1.165) is 87.6 Å². The minimum atomic E-state index is 0.915. The van der Waals surface area contributed by atoms with Crippen molar-refractivity contribution in [3.05, 3.63) is 0 Å². The summed E-state index contributed by atoms with van der Waals surface area (Å²) in [6.45, 7) is 5.07. The first kappa shape index (κ1) is 19.4. The van der Waals surface area contributed by atoms with Crippen molar-refractivity contribution in [3.63, 3.8) is 0 Å². The molecular formula is C40H48. The second kappa shape index (κ2) is 3.91. The van der Waals surface area contributed by atoms with Gasteiger partial charge in [0.05, 0.1) is 0 Å². The first-order valence-electron chi connectivity index (χ1n) is 19.1. The molecule has 0 radical (unpaired) electrons. The maximum absolute atomic E-state index is 2.53. The molecule has 18 unspecified atom stereocenters. The van der Waals surface area contributed by atoms with Crippen LogP contribution >= 0.6 is 0 Å². The summed E-state index contributed by atoms with van der Waals surface area (Å²) in [5.41, 5.74) is 13.4. The highest BCUT2D eigenvalue weighted by molar-refractivity contribution is 5.64. The highest BCUT2D eigenvalue weighted by Gasteiger charge is 3.16. The topological polar surface area (TPSA) is 0 Å². The lowest BCUT2D eigenvalue weighted by Gasteiger charge is -2.02. The summed E-state index contributed by atoms with van der Waals surface area (Å²) >= 11 is 0. The molecule has 0 nitrogen and oxygen atoms in total. The summed E-state index contributed by atoms with van der Waals surface area (Å²) in [5, 5.41) is 0. The van der Waals surface area contributed by atoms with Crippen molar-refractivity contribution in [1.82, 2.24) is 0 Å². The summed E-state index contributed by atoms with van der Waals surface area (Å²) in [6, 6.07) is 0. The number of fused-ring (bicyclic) bond motifs is 11. The monoisotopic (exact) mass is 528 g/mol. The van der Waals surface area contributed by atoms with Gasteiger partial charge < -0.3 is 0 Å². The Balaban J connectivity index is 0.616. The zero-order valence-corrected chi connectivity index (χ0v) is 25.2. The Bertz CT molecular complexity index is 1650. The lowest BCUT2D eigenvalue weighted by atomic mass is 10.0. The molecule has 17 saturated carbocycles. The lowest BCUT2D eigenvalue weighted by molar-refractivity contribution is 0.440. The average Bonchev–Trinajstić information content (AvgIpc) is 3.67. The Labute approximate surface area is 240 Å². The van der Waals surface area contributed by atoms with Gasteiger partial charge in [0.1, 0.15) is 0 Å². The summed E-state index contributed by atoms with van der Waals surface area (Å²) < 4.78 is 0. The van der Waals surface area contributed by atoms with Gasteiger partial charge in [-0.05, 0) is 227 Å². The van der Waals surface area contributed by atoms with Crippen molar-refractivity contribution in [2.75, 3.05) is 0 Å². The van der Waals surface area contributed by atoms with Gasteiger partial charge in [-0.15, -0.1) is 0 Å². The standard InChI is InChI=1S/C40H48/c1-21(2)22-5-29(22)11-35(29)16-37(35)18-39(37)20-40(39)19-38(40)17-36(38)14-32(36)9-26(32)25-8-31(25)13-34(31)15-33(34)12-30(33)7-24(30)23-6-28(23)10-27(28)3-4-27/h21-26H,3-20H2,1-2H3. The van der Waals surface area contributed by atoms with E-state index in [9.17, 15) is 0 Å². The van der Waals surface area contributed by atoms with E-state index in [1.807, 2.05) is 0 Å². The molecule has 0 saturated heterocycles. The molecule has 17 fully saturated rings. The zero-order chi connectivity index (χ0) is 25.2. The van der Waals surface area contributed by atoms with Crippen LogP contribution in [0.2, 0.25) is 0 Å². The van der Waals surface area contributed by atoms with Gasteiger partial charge in [-0.1, -0.05) is 13.8 Å². The molecule has 17 aliphatic carbocycles. The highest BCUT2D eigenvalue weighted by Crippen LogP contribution is 3.23. The molecule has 0 N–H and O–H groups in total. The minimum absolute atomic E-state index is 0.915. The summed E-state index contributed by atoms with van der Waals surface area (Å²) in [5.74, 6) is 7.11. The highest BCUT2D eigenvalue weighted by atomic mass is 15.2. The van der Waals surface area contributed by atoms with Crippen LogP contribution < -0.4 is 0 Å². The number of hydrogen-bond donors (Lipinski definition) is 0. The second-order valence-corrected chi connectivity index (χ2v) is 23.5. The normalized spacial score (nSPS) is 89.9. The van der Waals surface area contributed by atoms with Gasteiger partial charge in [0, 0.05) is 0 Å². The third-order valence-electron chi connectivity index (χ3n) is 24.0. The van der Waals surface area contributed by atoms with Gasteiger partial charge in [0.2, 0.25) is 0 Å². The predicted octanol–water partition coefficient (Wildman–Crippen LogP) is 8.79.